The maximum atomic E-state index is 11.2. The molecule has 0 N–H and O–H groups in total. The maximum absolute atomic E-state index is 11.2. The molecule has 0 amide bonds. The van der Waals surface area contributed by atoms with Crippen LogP contribution in [-0.2, 0) is 6.61 Å². The first-order valence-corrected chi connectivity index (χ1v) is 7.71. The third kappa shape index (κ3) is 3.67. The summed E-state index contributed by atoms with van der Waals surface area (Å²) in [4.78, 5) is 13.5. The van der Waals surface area contributed by atoms with E-state index >= 15 is 0 Å². The van der Waals surface area contributed by atoms with Gasteiger partial charge < -0.3 is 9.64 Å². The predicted octanol–water partition coefficient (Wildman–Crippen LogP) is 4.23. The van der Waals surface area contributed by atoms with Crippen LogP contribution in [0.5, 0.6) is 5.75 Å². The highest BCUT2D eigenvalue weighted by Gasteiger charge is 2.09. The molecule has 2 aromatic carbocycles. The molecular weight excluding hydrogens is 274 g/mol. The molecular formula is C19H23NO2. The summed E-state index contributed by atoms with van der Waals surface area (Å²) in [5.74, 6) is 0.641. The van der Waals surface area contributed by atoms with E-state index in [-0.39, 0.29) is 0 Å². The molecule has 2 aromatic rings. The summed E-state index contributed by atoms with van der Waals surface area (Å²) < 4.78 is 5.92. The lowest BCUT2D eigenvalue weighted by Gasteiger charge is -2.22. The second kappa shape index (κ2) is 7.64. The summed E-state index contributed by atoms with van der Waals surface area (Å²) in [5.41, 5.74) is 3.99. The lowest BCUT2D eigenvalue weighted by atomic mass is 10.1. The summed E-state index contributed by atoms with van der Waals surface area (Å²) in [6.45, 7) is 8.61. The highest BCUT2D eigenvalue weighted by Crippen LogP contribution is 2.26. The van der Waals surface area contributed by atoms with Gasteiger partial charge in [0.15, 0.2) is 6.29 Å². The van der Waals surface area contributed by atoms with Crippen LogP contribution in [0.15, 0.2) is 42.5 Å². The molecule has 116 valence electrons. The number of aryl methyl sites for hydroxylation is 1. The van der Waals surface area contributed by atoms with Crippen molar-refractivity contribution in [2.45, 2.75) is 27.4 Å². The predicted molar refractivity (Wildman–Crippen MR) is 90.9 cm³/mol. The smallest absolute Gasteiger partial charge is 0.153 e. The summed E-state index contributed by atoms with van der Waals surface area (Å²) in [7, 11) is 0. The van der Waals surface area contributed by atoms with Gasteiger partial charge in [-0.05, 0) is 44.0 Å². The lowest BCUT2D eigenvalue weighted by Crippen LogP contribution is -2.21. The number of aldehydes is 1. The highest BCUT2D eigenvalue weighted by atomic mass is 16.5. The molecule has 0 unspecified atom stereocenters. The average Bonchev–Trinajstić information content (AvgIpc) is 2.55. The van der Waals surface area contributed by atoms with Gasteiger partial charge in [-0.3, -0.25) is 4.79 Å². The molecule has 0 spiro atoms. The zero-order valence-electron chi connectivity index (χ0n) is 13.5. The Morgan fingerprint density at radius 3 is 2.45 bits per heavy atom. The van der Waals surface area contributed by atoms with Gasteiger partial charge in [-0.2, -0.15) is 0 Å². The molecule has 0 heterocycles. The van der Waals surface area contributed by atoms with Crippen LogP contribution in [0.3, 0.4) is 0 Å². The van der Waals surface area contributed by atoms with Crippen LogP contribution in [-0.4, -0.2) is 19.4 Å². The molecule has 0 atom stereocenters. The van der Waals surface area contributed by atoms with Gasteiger partial charge >= 0.3 is 0 Å². The summed E-state index contributed by atoms with van der Waals surface area (Å²) >= 11 is 0. The van der Waals surface area contributed by atoms with Crippen LogP contribution in [0.2, 0.25) is 0 Å². The molecule has 0 fully saturated rings. The largest absolute Gasteiger partial charge is 0.488 e. The Labute approximate surface area is 132 Å². The molecule has 0 aromatic heterocycles. The number of anilines is 1. The maximum Gasteiger partial charge on any atom is 0.153 e. The van der Waals surface area contributed by atoms with E-state index in [9.17, 15) is 4.79 Å². The number of hydrogen-bond acceptors (Lipinski definition) is 3. The fraction of sp³-hybridized carbons (Fsp3) is 0.316. The Hall–Kier alpha value is -2.29. The first-order valence-electron chi connectivity index (χ1n) is 7.71. The number of ether oxygens (including phenoxy) is 1. The van der Waals surface area contributed by atoms with Crippen molar-refractivity contribution in [3.63, 3.8) is 0 Å². The Balaban J connectivity index is 2.23. The van der Waals surface area contributed by atoms with Gasteiger partial charge in [0.25, 0.3) is 0 Å². The van der Waals surface area contributed by atoms with Gasteiger partial charge in [-0.25, -0.2) is 0 Å². The second-order valence-corrected chi connectivity index (χ2v) is 5.23. The van der Waals surface area contributed by atoms with Crippen LogP contribution >= 0.6 is 0 Å². The van der Waals surface area contributed by atoms with E-state index in [4.69, 9.17) is 4.74 Å². The lowest BCUT2D eigenvalue weighted by molar-refractivity contribution is 0.111. The Bertz CT molecular complexity index is 633. The zero-order valence-corrected chi connectivity index (χ0v) is 13.5. The van der Waals surface area contributed by atoms with Crippen LogP contribution < -0.4 is 9.64 Å². The zero-order chi connectivity index (χ0) is 15.9. The number of benzene rings is 2. The molecule has 0 aliphatic heterocycles. The van der Waals surface area contributed by atoms with E-state index in [0.29, 0.717) is 17.9 Å². The number of nitrogens with zero attached hydrogens (tertiary/aromatic N) is 1. The van der Waals surface area contributed by atoms with Crippen LogP contribution in [0.25, 0.3) is 0 Å². The van der Waals surface area contributed by atoms with Crippen LogP contribution in [0.4, 0.5) is 5.69 Å². The van der Waals surface area contributed by atoms with E-state index < -0.39 is 0 Å². The fourth-order valence-corrected chi connectivity index (χ4v) is 2.46. The van der Waals surface area contributed by atoms with E-state index in [1.807, 2.05) is 36.4 Å². The number of carbonyl (C=O) groups is 1. The van der Waals surface area contributed by atoms with Gasteiger partial charge in [-0.15, -0.1) is 0 Å². The van der Waals surface area contributed by atoms with E-state index in [1.54, 1.807) is 0 Å². The molecule has 22 heavy (non-hydrogen) atoms. The Morgan fingerprint density at radius 1 is 1.09 bits per heavy atom. The second-order valence-electron chi connectivity index (χ2n) is 5.23. The van der Waals surface area contributed by atoms with Crippen molar-refractivity contribution in [2.24, 2.45) is 0 Å². The highest BCUT2D eigenvalue weighted by molar-refractivity contribution is 5.80. The average molecular weight is 297 g/mol. The molecule has 3 nitrogen and oxygen atoms in total. The van der Waals surface area contributed by atoms with Gasteiger partial charge in [0.1, 0.15) is 12.4 Å². The van der Waals surface area contributed by atoms with Gasteiger partial charge in [-0.1, -0.05) is 24.3 Å². The number of hydrogen-bond donors (Lipinski definition) is 0. The molecule has 0 aliphatic rings. The van der Waals surface area contributed by atoms with Gasteiger partial charge in [0.2, 0.25) is 0 Å². The number of carbonyl (C=O) groups excluding carboxylic acids is 1. The fourth-order valence-electron chi connectivity index (χ4n) is 2.46. The van der Waals surface area contributed by atoms with E-state index in [2.05, 4.69) is 31.7 Å². The summed E-state index contributed by atoms with van der Waals surface area (Å²) in [6.07, 6.45) is 0.846. The topological polar surface area (TPSA) is 29.5 Å². The molecule has 0 aliphatic carbocycles. The molecule has 0 radical (unpaired) electrons. The van der Waals surface area contributed by atoms with Gasteiger partial charge in [0.05, 0.1) is 5.56 Å². The molecule has 0 saturated heterocycles. The molecule has 3 heteroatoms. The quantitative estimate of drug-likeness (QED) is 0.716. The number of rotatable bonds is 7. The van der Waals surface area contributed by atoms with E-state index in [0.717, 1.165) is 30.6 Å². The van der Waals surface area contributed by atoms with E-state index in [1.165, 1.54) is 5.56 Å². The van der Waals surface area contributed by atoms with Crippen molar-refractivity contribution in [1.82, 2.24) is 0 Å². The Kier molecular flexibility index (Phi) is 5.59. The van der Waals surface area contributed by atoms with Crippen LogP contribution in [0, 0.1) is 6.92 Å². The summed E-state index contributed by atoms with van der Waals surface area (Å²) in [5, 5.41) is 0. The SMILES string of the molecule is CCN(CC)c1ccc(C=O)c(OCc2ccccc2C)c1. The van der Waals surface area contributed by atoms with Crippen molar-refractivity contribution in [3.05, 3.63) is 59.2 Å². The third-order valence-corrected chi connectivity index (χ3v) is 3.90. The van der Waals surface area contributed by atoms with Gasteiger partial charge in [0, 0.05) is 24.8 Å². The minimum absolute atomic E-state index is 0.467. The monoisotopic (exact) mass is 297 g/mol. The van der Waals surface area contributed by atoms with Crippen molar-refractivity contribution in [2.75, 3.05) is 18.0 Å². The summed E-state index contributed by atoms with van der Waals surface area (Å²) in [6, 6.07) is 13.9. The van der Waals surface area contributed by atoms with Crippen molar-refractivity contribution >= 4 is 12.0 Å². The first-order chi connectivity index (χ1) is 10.7. The molecule has 0 saturated carbocycles. The molecule has 0 bridgehead atoms. The Morgan fingerprint density at radius 2 is 1.82 bits per heavy atom. The van der Waals surface area contributed by atoms with Crippen molar-refractivity contribution in [3.8, 4) is 5.75 Å². The minimum Gasteiger partial charge on any atom is -0.488 e. The van der Waals surface area contributed by atoms with Crippen LogP contribution in [0.1, 0.15) is 35.3 Å². The minimum atomic E-state index is 0.467. The third-order valence-electron chi connectivity index (χ3n) is 3.90. The standard InChI is InChI=1S/C19H23NO2/c1-4-20(5-2)18-11-10-16(13-21)19(12-18)22-14-17-9-7-6-8-15(17)3/h6-13H,4-5,14H2,1-3H3. The first kappa shape index (κ1) is 16.1. The normalized spacial score (nSPS) is 10.3. The van der Waals surface area contributed by atoms with Crippen molar-refractivity contribution in [1.29, 1.82) is 0 Å². The van der Waals surface area contributed by atoms with Crippen molar-refractivity contribution < 1.29 is 9.53 Å². The molecule has 2 rings (SSSR count).